The second kappa shape index (κ2) is 9.35. The van der Waals surface area contributed by atoms with Gasteiger partial charge in [-0.1, -0.05) is 54.6 Å². The molecular weight excluding hydrogens is 379 g/mol. The lowest BCUT2D eigenvalue weighted by Gasteiger charge is -2.26. The van der Waals surface area contributed by atoms with Gasteiger partial charge in [0, 0.05) is 11.1 Å². The van der Waals surface area contributed by atoms with Crippen LogP contribution in [-0.4, -0.2) is 23.9 Å². The molecule has 0 aromatic heterocycles. The summed E-state index contributed by atoms with van der Waals surface area (Å²) in [6.07, 6.45) is 0.550. The van der Waals surface area contributed by atoms with Crippen LogP contribution in [0.25, 0.3) is 11.1 Å². The van der Waals surface area contributed by atoms with Crippen molar-refractivity contribution in [3.8, 4) is 11.1 Å². The van der Waals surface area contributed by atoms with Crippen LogP contribution in [0.2, 0.25) is 0 Å². The van der Waals surface area contributed by atoms with Gasteiger partial charge in [-0.2, -0.15) is 0 Å². The first-order valence-corrected chi connectivity index (χ1v) is 9.81. The quantitative estimate of drug-likeness (QED) is 0.615. The molecule has 0 saturated carbocycles. The zero-order valence-corrected chi connectivity index (χ0v) is 17.1. The van der Waals surface area contributed by atoms with E-state index in [4.69, 9.17) is 0 Å². The second-order valence-corrected chi connectivity index (χ2v) is 7.86. The van der Waals surface area contributed by atoms with Crippen LogP contribution >= 0.6 is 0 Å². The molecule has 0 aliphatic carbocycles. The molecule has 0 atom stereocenters. The van der Waals surface area contributed by atoms with E-state index in [1.165, 1.54) is 12.1 Å². The molecule has 3 aromatic carbocycles. The Hall–Kier alpha value is -3.47. The van der Waals surface area contributed by atoms with Crippen molar-refractivity contribution >= 4 is 11.8 Å². The van der Waals surface area contributed by atoms with Crippen molar-refractivity contribution in [3.05, 3.63) is 95.8 Å². The number of benzene rings is 3. The third kappa shape index (κ3) is 6.01. The molecule has 0 spiro atoms. The Bertz CT molecular complexity index is 998. The van der Waals surface area contributed by atoms with E-state index in [1.807, 2.05) is 56.3 Å². The molecule has 0 radical (unpaired) electrons. The van der Waals surface area contributed by atoms with Crippen LogP contribution in [0.5, 0.6) is 0 Å². The first kappa shape index (κ1) is 21.2. The van der Waals surface area contributed by atoms with Crippen LogP contribution in [0, 0.1) is 5.82 Å². The van der Waals surface area contributed by atoms with Crippen LogP contribution in [-0.2, 0) is 11.2 Å². The molecule has 3 rings (SSSR count). The van der Waals surface area contributed by atoms with Gasteiger partial charge in [0.05, 0.1) is 6.54 Å². The van der Waals surface area contributed by atoms with Gasteiger partial charge in [0.15, 0.2) is 0 Å². The van der Waals surface area contributed by atoms with Gasteiger partial charge < -0.3 is 10.6 Å². The first-order chi connectivity index (χ1) is 14.3. The lowest BCUT2D eigenvalue weighted by atomic mass is 9.95. The average molecular weight is 404 g/mol. The van der Waals surface area contributed by atoms with Crippen molar-refractivity contribution in [1.82, 2.24) is 10.6 Å². The first-order valence-electron chi connectivity index (χ1n) is 9.81. The molecule has 2 N–H and O–H groups in total. The van der Waals surface area contributed by atoms with E-state index in [9.17, 15) is 14.0 Å². The fraction of sp³-hybridized carbons (Fsp3) is 0.200. The summed E-state index contributed by atoms with van der Waals surface area (Å²) in [5.74, 6) is -0.877. The van der Waals surface area contributed by atoms with Gasteiger partial charge in [-0.15, -0.1) is 0 Å². The Morgan fingerprint density at radius 1 is 0.833 bits per heavy atom. The van der Waals surface area contributed by atoms with Crippen molar-refractivity contribution in [2.45, 2.75) is 25.8 Å². The number of hydrogen-bond donors (Lipinski definition) is 2. The molecule has 0 aliphatic heterocycles. The van der Waals surface area contributed by atoms with E-state index in [-0.39, 0.29) is 24.2 Å². The minimum Gasteiger partial charge on any atom is -0.349 e. The number of halogens is 1. The Kier molecular flexibility index (Phi) is 6.62. The Morgan fingerprint density at radius 3 is 2.07 bits per heavy atom. The summed E-state index contributed by atoms with van der Waals surface area (Å²) in [6.45, 7) is 3.66. The maximum atomic E-state index is 13.0. The van der Waals surface area contributed by atoms with Gasteiger partial charge in [0.25, 0.3) is 5.91 Å². The molecule has 0 heterocycles. The third-order valence-electron chi connectivity index (χ3n) is 4.70. The van der Waals surface area contributed by atoms with Gasteiger partial charge in [-0.25, -0.2) is 4.39 Å². The molecule has 5 heteroatoms. The van der Waals surface area contributed by atoms with Gasteiger partial charge in [-0.3, -0.25) is 9.59 Å². The number of hydrogen-bond acceptors (Lipinski definition) is 2. The zero-order valence-electron chi connectivity index (χ0n) is 17.1. The molecule has 0 unspecified atom stereocenters. The summed E-state index contributed by atoms with van der Waals surface area (Å²) in [5.41, 5.74) is 2.98. The van der Waals surface area contributed by atoms with E-state index in [1.54, 1.807) is 24.3 Å². The minimum atomic E-state index is -0.531. The highest BCUT2D eigenvalue weighted by Crippen LogP contribution is 2.19. The number of nitrogens with one attached hydrogen (secondary N) is 2. The summed E-state index contributed by atoms with van der Waals surface area (Å²) in [6, 6.07) is 23.4. The molecular formula is C25H25FN2O2. The van der Waals surface area contributed by atoms with E-state index in [0.717, 1.165) is 16.7 Å². The molecule has 30 heavy (non-hydrogen) atoms. The Balaban J connectivity index is 1.51. The lowest BCUT2D eigenvalue weighted by molar-refractivity contribution is -0.121. The molecule has 0 fully saturated rings. The summed E-state index contributed by atoms with van der Waals surface area (Å²) < 4.78 is 13.0. The highest BCUT2D eigenvalue weighted by atomic mass is 19.1. The summed E-state index contributed by atoms with van der Waals surface area (Å²) in [5, 5.41) is 5.56. The number of amides is 2. The van der Waals surface area contributed by atoms with Crippen LogP contribution in [0.1, 0.15) is 29.8 Å². The van der Waals surface area contributed by atoms with Gasteiger partial charge in [0.2, 0.25) is 5.91 Å². The number of rotatable bonds is 7. The lowest BCUT2D eigenvalue weighted by Crippen LogP contribution is -2.49. The standard InChI is InChI=1S/C25H25FN2O2/c1-25(2,16-18-8-14-22(26)15-9-18)28-23(29)17-27-24(30)21-12-10-20(11-13-21)19-6-4-3-5-7-19/h3-15H,16-17H2,1-2H3,(H,27,30)(H,28,29). The van der Waals surface area contributed by atoms with Crippen LogP contribution in [0.15, 0.2) is 78.9 Å². The van der Waals surface area contributed by atoms with Crippen molar-refractivity contribution in [2.75, 3.05) is 6.54 Å². The van der Waals surface area contributed by atoms with E-state index >= 15 is 0 Å². The second-order valence-electron chi connectivity index (χ2n) is 7.86. The summed E-state index contributed by atoms with van der Waals surface area (Å²) >= 11 is 0. The summed E-state index contributed by atoms with van der Waals surface area (Å²) in [7, 11) is 0. The Morgan fingerprint density at radius 2 is 1.43 bits per heavy atom. The normalized spacial score (nSPS) is 11.0. The van der Waals surface area contributed by atoms with Gasteiger partial charge in [0.1, 0.15) is 5.82 Å². The smallest absolute Gasteiger partial charge is 0.251 e. The van der Waals surface area contributed by atoms with Gasteiger partial charge >= 0.3 is 0 Å². The highest BCUT2D eigenvalue weighted by molar-refractivity contribution is 5.96. The summed E-state index contributed by atoms with van der Waals surface area (Å²) in [4.78, 5) is 24.7. The van der Waals surface area contributed by atoms with Crippen molar-refractivity contribution < 1.29 is 14.0 Å². The van der Waals surface area contributed by atoms with Crippen molar-refractivity contribution in [3.63, 3.8) is 0 Å². The molecule has 4 nitrogen and oxygen atoms in total. The van der Waals surface area contributed by atoms with Gasteiger partial charge in [-0.05, 0) is 61.2 Å². The van der Waals surface area contributed by atoms with E-state index < -0.39 is 5.54 Å². The molecule has 0 bridgehead atoms. The predicted octanol–water partition coefficient (Wildman–Crippen LogP) is 4.36. The fourth-order valence-corrected chi connectivity index (χ4v) is 3.29. The number of carbonyl (C=O) groups excluding carboxylic acids is 2. The number of carbonyl (C=O) groups is 2. The monoisotopic (exact) mass is 404 g/mol. The topological polar surface area (TPSA) is 58.2 Å². The molecule has 3 aromatic rings. The molecule has 0 saturated heterocycles. The maximum absolute atomic E-state index is 13.0. The maximum Gasteiger partial charge on any atom is 0.251 e. The highest BCUT2D eigenvalue weighted by Gasteiger charge is 2.21. The van der Waals surface area contributed by atoms with Crippen LogP contribution < -0.4 is 10.6 Å². The Labute approximate surface area is 176 Å². The largest absolute Gasteiger partial charge is 0.349 e. The zero-order chi connectivity index (χ0) is 21.6. The van der Waals surface area contributed by atoms with Crippen LogP contribution in [0.3, 0.4) is 0 Å². The SMILES string of the molecule is CC(C)(Cc1ccc(F)cc1)NC(=O)CNC(=O)c1ccc(-c2ccccc2)cc1. The van der Waals surface area contributed by atoms with E-state index in [0.29, 0.717) is 12.0 Å². The van der Waals surface area contributed by atoms with Crippen LogP contribution in [0.4, 0.5) is 4.39 Å². The van der Waals surface area contributed by atoms with E-state index in [2.05, 4.69) is 10.6 Å². The molecule has 0 aliphatic rings. The molecule has 2 amide bonds. The predicted molar refractivity (Wildman–Crippen MR) is 117 cm³/mol. The third-order valence-corrected chi connectivity index (χ3v) is 4.70. The fourth-order valence-electron chi connectivity index (χ4n) is 3.29. The van der Waals surface area contributed by atoms with Crippen molar-refractivity contribution in [2.24, 2.45) is 0 Å². The average Bonchev–Trinajstić information content (AvgIpc) is 2.74. The molecule has 154 valence electrons. The van der Waals surface area contributed by atoms with Crippen molar-refractivity contribution in [1.29, 1.82) is 0 Å². The minimum absolute atomic E-state index is 0.119.